The molecule has 0 saturated heterocycles. The number of benzene rings is 1. The molecular weight excluding hydrogens is 280 g/mol. The summed E-state index contributed by atoms with van der Waals surface area (Å²) < 4.78 is 26.2. The first-order valence-electron chi connectivity index (χ1n) is 6.03. The number of sulfonamides is 1. The number of nitrogens with one attached hydrogen (secondary N) is 1. The third-order valence-electron chi connectivity index (χ3n) is 2.61. The van der Waals surface area contributed by atoms with Gasteiger partial charge in [-0.3, -0.25) is 4.79 Å². The van der Waals surface area contributed by atoms with Crippen LogP contribution in [0.3, 0.4) is 0 Å². The van der Waals surface area contributed by atoms with Gasteiger partial charge < -0.3 is 5.11 Å². The van der Waals surface area contributed by atoms with Crippen LogP contribution < -0.4 is 4.72 Å². The summed E-state index contributed by atoms with van der Waals surface area (Å²) in [6, 6.07) is 7.79. The summed E-state index contributed by atoms with van der Waals surface area (Å²) >= 11 is 0. The Kier molecular flexibility index (Phi) is 5.67. The van der Waals surface area contributed by atoms with E-state index in [1.54, 1.807) is 31.2 Å². The van der Waals surface area contributed by atoms with Crippen LogP contribution in [-0.4, -0.2) is 25.5 Å². The molecule has 0 fully saturated rings. The number of nitriles is 1. The molecule has 1 aromatic rings. The fourth-order valence-electron chi connectivity index (χ4n) is 1.64. The molecule has 0 heterocycles. The molecule has 0 amide bonds. The van der Waals surface area contributed by atoms with Gasteiger partial charge in [0.15, 0.2) is 0 Å². The second-order valence-electron chi connectivity index (χ2n) is 4.52. The summed E-state index contributed by atoms with van der Waals surface area (Å²) in [5, 5.41) is 17.2. The highest BCUT2D eigenvalue weighted by molar-refractivity contribution is 7.88. The molecule has 2 N–H and O–H groups in total. The Morgan fingerprint density at radius 1 is 1.40 bits per heavy atom. The van der Waals surface area contributed by atoms with Crippen LogP contribution in [0.4, 0.5) is 0 Å². The van der Waals surface area contributed by atoms with Crippen LogP contribution >= 0.6 is 0 Å². The minimum atomic E-state index is -3.53. The molecule has 0 spiro atoms. The Morgan fingerprint density at radius 2 is 2.00 bits per heavy atom. The minimum Gasteiger partial charge on any atom is -0.481 e. The van der Waals surface area contributed by atoms with Crippen molar-refractivity contribution in [2.45, 2.75) is 31.6 Å². The van der Waals surface area contributed by atoms with Crippen LogP contribution in [0.5, 0.6) is 0 Å². The SMILES string of the molecule is CC(CCC(=O)O)NS(=O)(=O)Cc1ccc(C#N)cc1. The zero-order valence-corrected chi connectivity index (χ0v) is 11.9. The molecule has 20 heavy (non-hydrogen) atoms. The first-order chi connectivity index (χ1) is 9.32. The maximum atomic E-state index is 11.9. The zero-order valence-electron chi connectivity index (χ0n) is 11.0. The van der Waals surface area contributed by atoms with Crippen LogP contribution in [0, 0.1) is 11.3 Å². The van der Waals surface area contributed by atoms with Gasteiger partial charge >= 0.3 is 5.97 Å². The lowest BCUT2D eigenvalue weighted by Crippen LogP contribution is -2.33. The van der Waals surface area contributed by atoms with Gasteiger partial charge in [0, 0.05) is 12.5 Å². The molecule has 6 nitrogen and oxygen atoms in total. The van der Waals surface area contributed by atoms with Crippen molar-refractivity contribution in [2.24, 2.45) is 0 Å². The van der Waals surface area contributed by atoms with Crippen LogP contribution in [-0.2, 0) is 20.6 Å². The van der Waals surface area contributed by atoms with Gasteiger partial charge in [0.25, 0.3) is 0 Å². The maximum Gasteiger partial charge on any atom is 0.303 e. The Bertz CT molecular complexity index is 602. The molecule has 0 aliphatic rings. The van der Waals surface area contributed by atoms with Gasteiger partial charge in [-0.2, -0.15) is 5.26 Å². The minimum absolute atomic E-state index is 0.0828. The normalized spacial score (nSPS) is 12.6. The van der Waals surface area contributed by atoms with E-state index in [1.165, 1.54) is 0 Å². The summed E-state index contributed by atoms with van der Waals surface area (Å²) in [4.78, 5) is 10.4. The number of hydrogen-bond donors (Lipinski definition) is 2. The smallest absolute Gasteiger partial charge is 0.303 e. The molecule has 1 unspecified atom stereocenters. The highest BCUT2D eigenvalue weighted by Gasteiger charge is 2.16. The molecular formula is C13H16N2O4S. The van der Waals surface area contributed by atoms with Gasteiger partial charge in [-0.05, 0) is 31.0 Å². The molecule has 1 aromatic carbocycles. The number of nitrogens with zero attached hydrogens (tertiary/aromatic N) is 1. The number of aliphatic carboxylic acids is 1. The van der Waals surface area contributed by atoms with Crippen LogP contribution in [0.1, 0.15) is 30.9 Å². The van der Waals surface area contributed by atoms with Gasteiger partial charge in [0.1, 0.15) is 0 Å². The number of carboxylic acids is 1. The lowest BCUT2D eigenvalue weighted by Gasteiger charge is -2.13. The molecule has 0 saturated carbocycles. The Labute approximate surface area is 118 Å². The summed E-state index contributed by atoms with van der Waals surface area (Å²) in [6.07, 6.45) is 0.155. The van der Waals surface area contributed by atoms with E-state index < -0.39 is 22.0 Å². The average Bonchev–Trinajstić information content (AvgIpc) is 2.36. The molecule has 0 bridgehead atoms. The van der Waals surface area contributed by atoms with E-state index in [1.807, 2.05) is 6.07 Å². The Balaban J connectivity index is 2.60. The fraction of sp³-hybridized carbons (Fsp3) is 0.385. The number of carboxylic acid groups (broad SMARTS) is 1. The molecule has 108 valence electrons. The highest BCUT2D eigenvalue weighted by atomic mass is 32.2. The molecule has 1 atom stereocenters. The van der Waals surface area contributed by atoms with Crippen molar-refractivity contribution in [1.29, 1.82) is 5.26 Å². The van der Waals surface area contributed by atoms with Gasteiger partial charge in [0.2, 0.25) is 10.0 Å². The van der Waals surface area contributed by atoms with Crippen molar-refractivity contribution < 1.29 is 18.3 Å². The number of carbonyl (C=O) groups is 1. The topological polar surface area (TPSA) is 107 Å². The lowest BCUT2D eigenvalue weighted by molar-refractivity contribution is -0.137. The van der Waals surface area contributed by atoms with Crippen molar-refractivity contribution in [3.05, 3.63) is 35.4 Å². The van der Waals surface area contributed by atoms with E-state index >= 15 is 0 Å². The molecule has 7 heteroatoms. The molecule has 0 aromatic heterocycles. The van der Waals surface area contributed by atoms with E-state index in [2.05, 4.69) is 4.72 Å². The predicted molar refractivity (Wildman–Crippen MR) is 73.2 cm³/mol. The zero-order chi connectivity index (χ0) is 15.2. The quantitative estimate of drug-likeness (QED) is 0.787. The van der Waals surface area contributed by atoms with Crippen molar-refractivity contribution >= 4 is 16.0 Å². The van der Waals surface area contributed by atoms with Crippen LogP contribution in [0.2, 0.25) is 0 Å². The van der Waals surface area contributed by atoms with E-state index in [0.29, 0.717) is 11.1 Å². The predicted octanol–water partition coefficient (Wildman–Crippen LogP) is 1.23. The highest BCUT2D eigenvalue weighted by Crippen LogP contribution is 2.08. The van der Waals surface area contributed by atoms with E-state index in [4.69, 9.17) is 10.4 Å². The van der Waals surface area contributed by atoms with Crippen molar-refractivity contribution in [3.63, 3.8) is 0 Å². The lowest BCUT2D eigenvalue weighted by atomic mass is 10.2. The second kappa shape index (κ2) is 7.03. The maximum absolute atomic E-state index is 11.9. The standard InChI is InChI=1S/C13H16N2O4S/c1-10(2-7-13(16)17)15-20(18,19)9-12-5-3-11(8-14)4-6-12/h3-6,10,15H,2,7,9H2,1H3,(H,16,17). The summed E-state index contributed by atoms with van der Waals surface area (Å²) in [7, 11) is -3.53. The third kappa shape index (κ3) is 5.82. The average molecular weight is 296 g/mol. The largest absolute Gasteiger partial charge is 0.481 e. The summed E-state index contributed by atoms with van der Waals surface area (Å²) in [5.74, 6) is -1.15. The van der Waals surface area contributed by atoms with Crippen molar-refractivity contribution in [3.8, 4) is 6.07 Å². The first-order valence-corrected chi connectivity index (χ1v) is 7.68. The Morgan fingerprint density at radius 3 is 2.50 bits per heavy atom. The molecule has 0 radical (unpaired) electrons. The molecule has 0 aliphatic carbocycles. The van der Waals surface area contributed by atoms with Gasteiger partial charge in [-0.25, -0.2) is 13.1 Å². The van der Waals surface area contributed by atoms with Gasteiger partial charge in [-0.15, -0.1) is 0 Å². The first kappa shape index (κ1) is 16.1. The van der Waals surface area contributed by atoms with E-state index in [9.17, 15) is 13.2 Å². The van der Waals surface area contributed by atoms with Crippen molar-refractivity contribution in [1.82, 2.24) is 4.72 Å². The van der Waals surface area contributed by atoms with E-state index in [0.717, 1.165) is 0 Å². The fourth-order valence-corrected chi connectivity index (χ4v) is 3.09. The second-order valence-corrected chi connectivity index (χ2v) is 6.27. The third-order valence-corrected chi connectivity index (χ3v) is 4.09. The van der Waals surface area contributed by atoms with Crippen LogP contribution in [0.15, 0.2) is 24.3 Å². The summed E-state index contributed by atoms with van der Waals surface area (Å²) in [6.45, 7) is 1.62. The number of rotatable bonds is 7. The Hall–Kier alpha value is -1.91. The monoisotopic (exact) mass is 296 g/mol. The van der Waals surface area contributed by atoms with Gasteiger partial charge in [0.05, 0.1) is 17.4 Å². The van der Waals surface area contributed by atoms with Crippen molar-refractivity contribution in [2.75, 3.05) is 0 Å². The molecule has 1 rings (SSSR count). The number of hydrogen-bond acceptors (Lipinski definition) is 4. The van der Waals surface area contributed by atoms with Gasteiger partial charge in [-0.1, -0.05) is 12.1 Å². The summed E-state index contributed by atoms with van der Waals surface area (Å²) in [5.41, 5.74) is 1.04. The molecule has 0 aliphatic heterocycles. The van der Waals surface area contributed by atoms with E-state index in [-0.39, 0.29) is 18.6 Å². The van der Waals surface area contributed by atoms with Crippen LogP contribution in [0.25, 0.3) is 0 Å².